The second-order valence-electron chi connectivity index (χ2n) is 12.5. The average molecular weight is 683 g/mol. The highest BCUT2D eigenvalue weighted by molar-refractivity contribution is 5.89. The number of hydrogen-bond acceptors (Lipinski definition) is 10. The van der Waals surface area contributed by atoms with Crippen LogP contribution in [-0.2, 0) is 62.5 Å². The molecular formula is C40H42O10. The van der Waals surface area contributed by atoms with E-state index in [9.17, 15) is 4.79 Å². The Labute approximate surface area is 292 Å². The Kier molecular flexibility index (Phi) is 11.6. The maximum absolute atomic E-state index is 12.5. The van der Waals surface area contributed by atoms with E-state index in [-0.39, 0.29) is 25.4 Å². The SMILES string of the molecule is CO[C@H]1O[C@H](CO[C@@H]2O[C@H](COC(=O)c3ccccc3)[C@@H]3O[C@H]23)[C@@H](OCc2ccccc2)[C@H](OCc2ccccc2)[C@@H]1OCc1ccccc1. The van der Waals surface area contributed by atoms with Crippen LogP contribution in [0, 0.1) is 0 Å². The predicted octanol–water partition coefficient (Wildman–Crippen LogP) is 5.48. The molecule has 0 unspecified atom stereocenters. The van der Waals surface area contributed by atoms with Crippen LogP contribution in [0.5, 0.6) is 0 Å². The van der Waals surface area contributed by atoms with Crippen molar-refractivity contribution in [3.05, 3.63) is 144 Å². The topological polar surface area (TPSA) is 103 Å². The highest BCUT2D eigenvalue weighted by Crippen LogP contribution is 2.40. The van der Waals surface area contributed by atoms with Crippen LogP contribution in [0.25, 0.3) is 0 Å². The summed E-state index contributed by atoms with van der Waals surface area (Å²) in [5.41, 5.74) is 3.51. The maximum Gasteiger partial charge on any atom is 0.338 e. The third-order valence-electron chi connectivity index (χ3n) is 9.00. The highest BCUT2D eigenvalue weighted by Gasteiger charge is 2.60. The number of carbonyl (C=O) groups is 1. The summed E-state index contributed by atoms with van der Waals surface area (Å²) in [6.07, 6.45) is -4.81. The predicted molar refractivity (Wildman–Crippen MR) is 181 cm³/mol. The average Bonchev–Trinajstić information content (AvgIpc) is 3.90. The minimum Gasteiger partial charge on any atom is -0.459 e. The first-order valence-corrected chi connectivity index (χ1v) is 17.0. The third-order valence-corrected chi connectivity index (χ3v) is 9.00. The van der Waals surface area contributed by atoms with Gasteiger partial charge in [-0.3, -0.25) is 0 Å². The van der Waals surface area contributed by atoms with Gasteiger partial charge < -0.3 is 42.6 Å². The number of benzene rings is 4. The summed E-state index contributed by atoms with van der Waals surface area (Å²) in [6, 6.07) is 38.7. The second-order valence-corrected chi connectivity index (χ2v) is 12.5. The van der Waals surface area contributed by atoms with Crippen molar-refractivity contribution in [3.8, 4) is 0 Å². The lowest BCUT2D eigenvalue weighted by atomic mass is 9.97. The number of rotatable bonds is 16. The van der Waals surface area contributed by atoms with Crippen molar-refractivity contribution in [1.82, 2.24) is 0 Å². The van der Waals surface area contributed by atoms with Gasteiger partial charge in [0, 0.05) is 7.11 Å². The number of esters is 1. The monoisotopic (exact) mass is 682 g/mol. The largest absolute Gasteiger partial charge is 0.459 e. The van der Waals surface area contributed by atoms with Crippen molar-refractivity contribution in [2.45, 2.75) is 75.1 Å². The summed E-state index contributed by atoms with van der Waals surface area (Å²) in [5, 5.41) is 0. The fourth-order valence-electron chi connectivity index (χ4n) is 6.32. The molecular weight excluding hydrogens is 640 g/mol. The van der Waals surface area contributed by atoms with Crippen molar-refractivity contribution < 1.29 is 47.4 Å². The van der Waals surface area contributed by atoms with Gasteiger partial charge in [-0.2, -0.15) is 0 Å². The fraction of sp³-hybridized carbons (Fsp3) is 0.375. The molecule has 0 saturated carbocycles. The van der Waals surface area contributed by atoms with E-state index < -0.39 is 49.1 Å². The van der Waals surface area contributed by atoms with Crippen LogP contribution in [0.15, 0.2) is 121 Å². The number of carbonyl (C=O) groups excluding carboxylic acids is 1. The van der Waals surface area contributed by atoms with Crippen molar-refractivity contribution in [1.29, 1.82) is 0 Å². The molecule has 0 radical (unpaired) electrons. The smallest absolute Gasteiger partial charge is 0.338 e. The number of epoxide rings is 1. The molecule has 9 atom stereocenters. The standard InChI is InChI=1S/C40H42O10/c1-42-39-36(45-24-29-18-10-4-11-19-29)35(44-23-28-16-8-3-9-17-28)33(43-22-27-14-6-2-7-15-27)31(48-39)26-47-40-37-34(50-37)32(49-40)25-46-38(41)30-20-12-5-13-21-30/h2-21,31-37,39-40H,22-26H2,1H3/t31-,32-,33-,34+,35+,36+,37+,39+,40-/m1/s1. The molecule has 10 nitrogen and oxygen atoms in total. The molecule has 7 rings (SSSR count). The molecule has 0 spiro atoms. The molecule has 4 aromatic carbocycles. The van der Waals surface area contributed by atoms with Gasteiger partial charge in [0.15, 0.2) is 12.6 Å². The lowest BCUT2D eigenvalue weighted by molar-refractivity contribution is -0.328. The summed E-state index contributed by atoms with van der Waals surface area (Å²) in [4.78, 5) is 12.5. The van der Waals surface area contributed by atoms with E-state index in [1.165, 1.54) is 0 Å². The number of fused-ring (bicyclic) bond motifs is 1. The molecule has 3 heterocycles. The van der Waals surface area contributed by atoms with Crippen LogP contribution in [0.4, 0.5) is 0 Å². The van der Waals surface area contributed by atoms with E-state index in [0.29, 0.717) is 25.4 Å². The first-order chi connectivity index (χ1) is 24.7. The van der Waals surface area contributed by atoms with Gasteiger partial charge in [-0.05, 0) is 28.8 Å². The Bertz CT molecular complexity index is 1610. The van der Waals surface area contributed by atoms with Crippen molar-refractivity contribution in [3.63, 3.8) is 0 Å². The van der Waals surface area contributed by atoms with Gasteiger partial charge >= 0.3 is 5.97 Å². The number of methoxy groups -OCH3 is 1. The van der Waals surface area contributed by atoms with Gasteiger partial charge in [0.2, 0.25) is 0 Å². The molecule has 262 valence electrons. The second kappa shape index (κ2) is 16.8. The van der Waals surface area contributed by atoms with Crippen LogP contribution in [-0.4, -0.2) is 81.6 Å². The van der Waals surface area contributed by atoms with Gasteiger partial charge in [0.25, 0.3) is 0 Å². The quantitative estimate of drug-likeness (QED) is 0.112. The normalized spacial score (nSPS) is 28.5. The van der Waals surface area contributed by atoms with E-state index in [2.05, 4.69) is 0 Å². The van der Waals surface area contributed by atoms with Gasteiger partial charge in [-0.1, -0.05) is 109 Å². The summed E-state index contributed by atoms with van der Waals surface area (Å²) in [5.74, 6) is -0.416. The van der Waals surface area contributed by atoms with Crippen LogP contribution in [0.3, 0.4) is 0 Å². The molecule has 0 aromatic heterocycles. The summed E-state index contributed by atoms with van der Waals surface area (Å²) in [7, 11) is 1.59. The zero-order valence-corrected chi connectivity index (χ0v) is 27.9. The molecule has 3 saturated heterocycles. The Hall–Kier alpha value is -3.97. The van der Waals surface area contributed by atoms with Crippen molar-refractivity contribution >= 4 is 5.97 Å². The zero-order valence-electron chi connectivity index (χ0n) is 27.9. The first kappa shape index (κ1) is 34.5. The van der Waals surface area contributed by atoms with Gasteiger partial charge in [0.05, 0.1) is 32.0 Å². The summed E-state index contributed by atoms with van der Waals surface area (Å²) in [6.45, 7) is 1.14. The highest BCUT2D eigenvalue weighted by atomic mass is 16.8. The molecule has 50 heavy (non-hydrogen) atoms. The first-order valence-electron chi connectivity index (χ1n) is 17.0. The molecule has 10 heteroatoms. The van der Waals surface area contributed by atoms with E-state index >= 15 is 0 Å². The fourth-order valence-corrected chi connectivity index (χ4v) is 6.32. The van der Waals surface area contributed by atoms with E-state index in [4.69, 9.17) is 42.6 Å². The molecule has 3 aliphatic heterocycles. The van der Waals surface area contributed by atoms with Gasteiger partial charge in [-0.15, -0.1) is 0 Å². The van der Waals surface area contributed by atoms with Crippen LogP contribution in [0.1, 0.15) is 27.0 Å². The molecule has 3 fully saturated rings. The lowest BCUT2D eigenvalue weighted by Gasteiger charge is -2.45. The Morgan fingerprint density at radius 1 is 0.520 bits per heavy atom. The van der Waals surface area contributed by atoms with Crippen LogP contribution in [0.2, 0.25) is 0 Å². The van der Waals surface area contributed by atoms with E-state index in [1.54, 1.807) is 31.4 Å². The van der Waals surface area contributed by atoms with E-state index in [0.717, 1.165) is 16.7 Å². The maximum atomic E-state index is 12.5. The Morgan fingerprint density at radius 2 is 1.02 bits per heavy atom. The molecule has 4 aromatic rings. The third kappa shape index (κ3) is 8.66. The molecule has 0 aliphatic carbocycles. The summed E-state index contributed by atoms with van der Waals surface area (Å²) >= 11 is 0. The van der Waals surface area contributed by atoms with Crippen molar-refractivity contribution in [2.75, 3.05) is 20.3 Å². The molecule has 3 aliphatic rings. The van der Waals surface area contributed by atoms with E-state index in [1.807, 2.05) is 97.1 Å². The Balaban J connectivity index is 1.06. The zero-order chi connectivity index (χ0) is 34.1. The van der Waals surface area contributed by atoms with Crippen LogP contribution >= 0.6 is 0 Å². The lowest BCUT2D eigenvalue weighted by Crippen LogP contribution is -2.61. The summed E-state index contributed by atoms with van der Waals surface area (Å²) < 4.78 is 56.1. The Morgan fingerprint density at radius 3 is 1.58 bits per heavy atom. The minimum absolute atomic E-state index is 0.0546. The van der Waals surface area contributed by atoms with Crippen LogP contribution < -0.4 is 0 Å². The molecule has 0 N–H and O–H groups in total. The number of ether oxygens (including phenoxy) is 9. The number of hydrogen-bond donors (Lipinski definition) is 0. The van der Waals surface area contributed by atoms with Crippen molar-refractivity contribution in [2.24, 2.45) is 0 Å². The molecule has 0 amide bonds. The molecule has 0 bridgehead atoms. The van der Waals surface area contributed by atoms with Gasteiger partial charge in [-0.25, -0.2) is 4.79 Å². The minimum atomic E-state index is -0.774. The van der Waals surface area contributed by atoms with Gasteiger partial charge in [0.1, 0.15) is 49.3 Å².